The van der Waals surface area contributed by atoms with Gasteiger partial charge in [0, 0.05) is 48.9 Å². The van der Waals surface area contributed by atoms with Gasteiger partial charge in [0.25, 0.3) is 0 Å². The molecule has 9 nitrogen and oxygen atoms in total. The maximum absolute atomic E-state index is 14.2. The van der Waals surface area contributed by atoms with Gasteiger partial charge in [-0.15, -0.1) is 4.99 Å². The molecule has 0 spiro atoms. The van der Waals surface area contributed by atoms with Crippen LogP contribution in [0.3, 0.4) is 0 Å². The first kappa shape index (κ1) is 32.9. The van der Waals surface area contributed by atoms with Crippen molar-refractivity contribution in [2.24, 2.45) is 12.0 Å². The van der Waals surface area contributed by atoms with Gasteiger partial charge in [-0.25, -0.2) is 9.18 Å². The van der Waals surface area contributed by atoms with Crippen LogP contribution >= 0.6 is 15.9 Å². The summed E-state index contributed by atoms with van der Waals surface area (Å²) in [4.78, 5) is 30.5. The number of ketones is 1. The highest BCUT2D eigenvalue weighted by Gasteiger charge is 2.39. The van der Waals surface area contributed by atoms with Crippen molar-refractivity contribution in [3.05, 3.63) is 92.8 Å². The second kappa shape index (κ2) is 12.4. The van der Waals surface area contributed by atoms with E-state index in [0.717, 1.165) is 0 Å². The number of hydrogen-bond donors (Lipinski definition) is 0. The molecular formula is C32H30BrF4N5O4. The standard InChI is InChI=1S/C32H30BrF4N5O4/c1-6-42-16-23(28(39-42)32(35,36)37)21-12-19(15-41-10-9-40(5)29(41)38-30(44)46-31(2,3)4)13-22-26(43)20(17-45-27(21)22)11-18-7-8-25(34)24(33)14-18/h7-14,16H,6,15,17H2,1-5H3/b20-11+,38-29?. The van der Waals surface area contributed by atoms with Gasteiger partial charge in [-0.05, 0) is 85.1 Å². The van der Waals surface area contributed by atoms with Crippen molar-refractivity contribution in [2.75, 3.05) is 6.61 Å². The van der Waals surface area contributed by atoms with Crippen LogP contribution in [0.1, 0.15) is 54.9 Å². The van der Waals surface area contributed by atoms with Gasteiger partial charge in [-0.1, -0.05) is 6.07 Å². The van der Waals surface area contributed by atoms with Gasteiger partial charge in [0.05, 0.1) is 16.6 Å². The summed E-state index contributed by atoms with van der Waals surface area (Å²) in [6, 6.07) is 7.30. The average Bonchev–Trinajstić information content (AvgIpc) is 3.55. The number of aryl methyl sites for hydroxylation is 2. The van der Waals surface area contributed by atoms with Gasteiger partial charge >= 0.3 is 12.3 Å². The van der Waals surface area contributed by atoms with Crippen LogP contribution in [-0.4, -0.2) is 43.0 Å². The van der Waals surface area contributed by atoms with Gasteiger partial charge in [-0.2, -0.15) is 18.3 Å². The van der Waals surface area contributed by atoms with E-state index in [1.165, 1.54) is 35.1 Å². The number of Topliss-reactive ketones (excluding diaryl/α,β-unsaturated/α-hetero) is 1. The Bertz CT molecular complexity index is 1950. The fraction of sp³-hybridized carbons (Fsp3) is 0.312. The Balaban J connectivity index is 1.66. The smallest absolute Gasteiger partial charge is 0.437 e. The van der Waals surface area contributed by atoms with Crippen LogP contribution in [0.5, 0.6) is 5.75 Å². The normalized spacial score (nSPS) is 14.9. The summed E-state index contributed by atoms with van der Waals surface area (Å²) in [5.41, 5.74) is -0.650. The zero-order valence-corrected chi connectivity index (χ0v) is 27.2. The number of carbonyl (C=O) groups is 2. The molecule has 1 amide bonds. The van der Waals surface area contributed by atoms with Crippen molar-refractivity contribution >= 4 is 33.9 Å². The highest BCUT2D eigenvalue weighted by molar-refractivity contribution is 9.10. The highest BCUT2D eigenvalue weighted by Crippen LogP contribution is 2.44. The van der Waals surface area contributed by atoms with E-state index in [4.69, 9.17) is 9.47 Å². The highest BCUT2D eigenvalue weighted by atomic mass is 79.9. The lowest BCUT2D eigenvalue weighted by Crippen LogP contribution is -2.29. The minimum Gasteiger partial charge on any atom is -0.487 e. The molecule has 242 valence electrons. The molecule has 0 aliphatic carbocycles. The fourth-order valence-electron chi connectivity index (χ4n) is 4.94. The van der Waals surface area contributed by atoms with E-state index in [1.807, 2.05) is 0 Å². The molecule has 0 atom stereocenters. The molecule has 3 heterocycles. The van der Waals surface area contributed by atoms with Crippen LogP contribution in [0, 0.1) is 5.82 Å². The number of nitrogens with zero attached hydrogens (tertiary/aromatic N) is 5. The van der Waals surface area contributed by atoms with E-state index < -0.39 is 35.2 Å². The molecule has 0 unspecified atom stereocenters. The number of ether oxygens (including phenoxy) is 2. The number of carbonyl (C=O) groups excluding carboxylic acids is 2. The fourth-order valence-corrected chi connectivity index (χ4v) is 5.34. The van der Waals surface area contributed by atoms with E-state index in [-0.39, 0.29) is 57.8 Å². The zero-order valence-electron chi connectivity index (χ0n) is 25.6. The molecule has 46 heavy (non-hydrogen) atoms. The number of rotatable bonds is 5. The molecule has 0 radical (unpaired) electrons. The third-order valence-corrected chi connectivity index (χ3v) is 7.57. The second-order valence-electron chi connectivity index (χ2n) is 11.7. The summed E-state index contributed by atoms with van der Waals surface area (Å²) in [7, 11) is 1.68. The molecule has 0 saturated heterocycles. The molecule has 1 aliphatic heterocycles. The molecule has 5 rings (SSSR count). The van der Waals surface area contributed by atoms with Gasteiger partial charge < -0.3 is 18.6 Å². The van der Waals surface area contributed by atoms with Gasteiger partial charge in [0.1, 0.15) is 23.8 Å². The molecule has 1 aliphatic rings. The Morgan fingerprint density at radius 2 is 1.85 bits per heavy atom. The Labute approximate surface area is 269 Å². The molecule has 14 heteroatoms. The van der Waals surface area contributed by atoms with E-state index in [9.17, 15) is 27.2 Å². The minimum absolute atomic E-state index is 0.0101. The SMILES string of the molecule is CCn1cc(-c2cc(Cn3ccn(C)c3=NC(=O)OC(C)(C)C)cc3c2OC/C(=C\c2ccc(F)c(Br)c2)C3=O)c(C(F)(F)F)n1. The molecule has 0 bridgehead atoms. The number of imidazole rings is 1. The van der Waals surface area contributed by atoms with Crippen LogP contribution in [0.4, 0.5) is 22.4 Å². The number of halogens is 5. The summed E-state index contributed by atoms with van der Waals surface area (Å²) in [5.74, 6) is -0.945. The number of hydrogen-bond acceptors (Lipinski definition) is 5. The number of aromatic nitrogens is 4. The largest absolute Gasteiger partial charge is 0.487 e. The lowest BCUT2D eigenvalue weighted by Gasteiger charge is -2.23. The first-order chi connectivity index (χ1) is 21.5. The molecule has 2 aromatic heterocycles. The average molecular weight is 705 g/mol. The Kier molecular flexibility index (Phi) is 8.86. The molecule has 2 aromatic carbocycles. The summed E-state index contributed by atoms with van der Waals surface area (Å²) in [6.45, 7) is 6.78. The van der Waals surface area contributed by atoms with Crippen LogP contribution < -0.4 is 10.4 Å². The number of amides is 1. The Morgan fingerprint density at radius 1 is 1.13 bits per heavy atom. The number of alkyl halides is 3. The predicted molar refractivity (Wildman–Crippen MR) is 165 cm³/mol. The van der Waals surface area contributed by atoms with Crippen molar-refractivity contribution in [2.45, 2.75) is 52.6 Å². The van der Waals surface area contributed by atoms with E-state index in [2.05, 4.69) is 26.0 Å². The van der Waals surface area contributed by atoms with Gasteiger partial charge in [0.2, 0.25) is 5.62 Å². The number of benzene rings is 2. The minimum atomic E-state index is -4.79. The lowest BCUT2D eigenvalue weighted by molar-refractivity contribution is -0.141. The van der Waals surface area contributed by atoms with Crippen molar-refractivity contribution in [1.29, 1.82) is 0 Å². The lowest BCUT2D eigenvalue weighted by atomic mass is 9.91. The summed E-state index contributed by atoms with van der Waals surface area (Å²) >= 11 is 3.13. The summed E-state index contributed by atoms with van der Waals surface area (Å²) in [6.07, 6.45) is 0.520. The van der Waals surface area contributed by atoms with Crippen LogP contribution in [-0.2, 0) is 31.1 Å². The quantitative estimate of drug-likeness (QED) is 0.162. The van der Waals surface area contributed by atoms with Crippen LogP contribution in [0.25, 0.3) is 17.2 Å². The van der Waals surface area contributed by atoms with Crippen LogP contribution in [0.2, 0.25) is 0 Å². The maximum atomic E-state index is 14.2. The van der Waals surface area contributed by atoms with Crippen molar-refractivity contribution in [3.63, 3.8) is 0 Å². The van der Waals surface area contributed by atoms with Crippen LogP contribution in [0.15, 0.2) is 64.0 Å². The topological polar surface area (TPSA) is 92.6 Å². The maximum Gasteiger partial charge on any atom is 0.437 e. The number of fused-ring (bicyclic) bond motifs is 1. The van der Waals surface area contributed by atoms with Crippen molar-refractivity contribution in [1.82, 2.24) is 18.9 Å². The Hall–Kier alpha value is -4.46. The summed E-state index contributed by atoms with van der Waals surface area (Å²) < 4.78 is 72.3. The first-order valence-electron chi connectivity index (χ1n) is 14.2. The monoisotopic (exact) mass is 703 g/mol. The van der Waals surface area contributed by atoms with E-state index in [0.29, 0.717) is 11.1 Å². The molecule has 0 N–H and O–H groups in total. The molecule has 0 saturated carbocycles. The summed E-state index contributed by atoms with van der Waals surface area (Å²) in [5, 5.41) is 3.75. The third kappa shape index (κ3) is 7.01. The molecule has 0 fully saturated rings. The molecular weight excluding hydrogens is 674 g/mol. The molecule has 4 aromatic rings. The first-order valence-corrected chi connectivity index (χ1v) is 15.0. The van der Waals surface area contributed by atoms with E-state index in [1.54, 1.807) is 68.4 Å². The zero-order chi connectivity index (χ0) is 33.6. The van der Waals surface area contributed by atoms with Crippen molar-refractivity contribution in [3.8, 4) is 16.9 Å². The Morgan fingerprint density at radius 3 is 2.50 bits per heavy atom. The predicted octanol–water partition coefficient (Wildman–Crippen LogP) is 7.17. The van der Waals surface area contributed by atoms with Gasteiger partial charge in [0.15, 0.2) is 11.5 Å². The van der Waals surface area contributed by atoms with Gasteiger partial charge in [-0.3, -0.25) is 9.48 Å². The third-order valence-electron chi connectivity index (χ3n) is 6.97. The second-order valence-corrected chi connectivity index (χ2v) is 12.5. The van der Waals surface area contributed by atoms with E-state index >= 15 is 0 Å². The van der Waals surface area contributed by atoms with Crippen molar-refractivity contribution < 1.29 is 36.6 Å².